The highest BCUT2D eigenvalue weighted by molar-refractivity contribution is 7.26. The molecule has 2 heteroatoms. The highest BCUT2D eigenvalue weighted by atomic mass is 32.1. The minimum atomic E-state index is -0.0927. The molecule has 1 nitrogen and oxygen atoms in total. The Balaban J connectivity index is 1.28. The van der Waals surface area contributed by atoms with Crippen LogP contribution in [0.25, 0.3) is 53.2 Å². The summed E-state index contributed by atoms with van der Waals surface area (Å²) in [6.07, 6.45) is 0. The second-order valence-electron chi connectivity index (χ2n) is 14.6. The van der Waals surface area contributed by atoms with Crippen molar-refractivity contribution in [2.24, 2.45) is 0 Å². The van der Waals surface area contributed by atoms with Crippen LogP contribution in [0.4, 0.5) is 17.1 Å². The van der Waals surface area contributed by atoms with E-state index in [1.165, 1.54) is 92.5 Å². The van der Waals surface area contributed by atoms with Crippen LogP contribution in [0.15, 0.2) is 140 Å². The fourth-order valence-electron chi connectivity index (χ4n) is 8.81. The smallest absolute Gasteiger partial charge is 0.0640 e. The molecule has 1 heterocycles. The maximum Gasteiger partial charge on any atom is 0.0640 e. The number of hydrogen-bond donors (Lipinski definition) is 0. The molecule has 0 spiro atoms. The van der Waals surface area contributed by atoms with Crippen molar-refractivity contribution < 1.29 is 0 Å². The third kappa shape index (κ3) is 3.67. The average Bonchev–Trinajstić information content (AvgIpc) is 3.67. The Kier molecular flexibility index (Phi) is 5.63. The molecule has 1 aromatic heterocycles. The van der Waals surface area contributed by atoms with Gasteiger partial charge in [0.15, 0.2) is 0 Å². The molecule has 0 radical (unpaired) electrons. The zero-order valence-corrected chi connectivity index (χ0v) is 28.5. The van der Waals surface area contributed by atoms with Crippen molar-refractivity contribution in [3.8, 4) is 22.3 Å². The van der Waals surface area contributed by atoms with Gasteiger partial charge in [-0.3, -0.25) is 0 Å². The van der Waals surface area contributed by atoms with Gasteiger partial charge in [-0.25, -0.2) is 0 Å². The monoisotopic (exact) mass is 633 g/mol. The summed E-state index contributed by atoms with van der Waals surface area (Å²) in [7, 11) is 0. The van der Waals surface area contributed by atoms with E-state index < -0.39 is 0 Å². The predicted octanol–water partition coefficient (Wildman–Crippen LogP) is 13.3. The summed E-state index contributed by atoms with van der Waals surface area (Å²) >= 11 is 1.91. The van der Waals surface area contributed by atoms with E-state index in [1.807, 2.05) is 11.3 Å². The molecule has 2 aliphatic rings. The summed E-state index contributed by atoms with van der Waals surface area (Å²) in [5, 5.41) is 5.21. The lowest BCUT2D eigenvalue weighted by molar-refractivity contribution is 0.660. The molecule has 0 N–H and O–H groups in total. The van der Waals surface area contributed by atoms with E-state index in [-0.39, 0.29) is 10.8 Å². The van der Waals surface area contributed by atoms with Crippen LogP contribution in [0.3, 0.4) is 0 Å². The Labute approximate surface area is 285 Å². The van der Waals surface area contributed by atoms with Crippen molar-refractivity contribution in [2.45, 2.75) is 38.5 Å². The van der Waals surface area contributed by atoms with Gasteiger partial charge in [0.2, 0.25) is 0 Å². The summed E-state index contributed by atoms with van der Waals surface area (Å²) in [4.78, 5) is 2.56. The van der Waals surface area contributed by atoms with Crippen molar-refractivity contribution in [1.82, 2.24) is 0 Å². The van der Waals surface area contributed by atoms with Crippen molar-refractivity contribution in [2.75, 3.05) is 4.90 Å². The molecule has 2 aliphatic carbocycles. The van der Waals surface area contributed by atoms with Gasteiger partial charge in [0.25, 0.3) is 0 Å². The summed E-state index contributed by atoms with van der Waals surface area (Å²) < 4.78 is 2.64. The van der Waals surface area contributed by atoms with Gasteiger partial charge in [0.1, 0.15) is 0 Å². The molecule has 7 aromatic carbocycles. The molecular weight excluding hydrogens is 599 g/mol. The zero-order chi connectivity index (χ0) is 32.4. The quantitative estimate of drug-likeness (QED) is 0.187. The molecule has 0 saturated heterocycles. The summed E-state index contributed by atoms with van der Waals surface area (Å²) in [6.45, 7) is 9.50. The van der Waals surface area contributed by atoms with Crippen molar-refractivity contribution in [3.63, 3.8) is 0 Å². The Bertz CT molecular complexity index is 2630. The second kappa shape index (κ2) is 9.69. The fourth-order valence-corrected chi connectivity index (χ4v) is 10.0. The average molecular weight is 634 g/mol. The molecule has 0 saturated carbocycles. The van der Waals surface area contributed by atoms with Gasteiger partial charge >= 0.3 is 0 Å². The van der Waals surface area contributed by atoms with E-state index in [0.717, 1.165) is 0 Å². The Morgan fingerprint density at radius 2 is 1.06 bits per heavy atom. The third-order valence-electron chi connectivity index (χ3n) is 11.2. The normalized spacial score (nSPS) is 15.0. The summed E-state index contributed by atoms with van der Waals surface area (Å²) in [5.74, 6) is 0. The number of nitrogens with zero attached hydrogens (tertiary/aromatic N) is 1. The summed E-state index contributed by atoms with van der Waals surface area (Å²) in [6, 6.07) is 52.4. The Morgan fingerprint density at radius 1 is 0.458 bits per heavy atom. The van der Waals surface area contributed by atoms with Crippen molar-refractivity contribution >= 4 is 59.3 Å². The molecule has 0 aliphatic heterocycles. The number of thiophene rings is 1. The van der Waals surface area contributed by atoms with Crippen molar-refractivity contribution in [1.29, 1.82) is 0 Å². The van der Waals surface area contributed by atoms with Gasteiger partial charge in [-0.15, -0.1) is 11.3 Å². The van der Waals surface area contributed by atoms with Gasteiger partial charge in [-0.05, 0) is 86.1 Å². The predicted molar refractivity (Wildman–Crippen MR) is 207 cm³/mol. The topological polar surface area (TPSA) is 3.24 Å². The van der Waals surface area contributed by atoms with Crippen LogP contribution in [0, 0.1) is 0 Å². The largest absolute Gasteiger partial charge is 0.308 e. The molecule has 48 heavy (non-hydrogen) atoms. The molecular formula is C46H35NS. The number of rotatable bonds is 3. The number of fused-ring (bicyclic) bond motifs is 10. The third-order valence-corrected chi connectivity index (χ3v) is 12.4. The molecule has 0 unspecified atom stereocenters. The molecule has 0 atom stereocenters. The fraction of sp³-hybridized carbons (Fsp3) is 0.130. The standard InChI is InChI=1S/C46H35NS/c1-45(2)37-19-10-8-16-34(37)43-38(45)20-12-21-40(43)47(30-23-24-32-31-15-7-9-18-36(31)46(3,4)39(32)27-30)41-22-11-17-33-35-25-28-13-5-6-14-29(28)26-42(35)48-44(33)41/h5-27H,1-4H3. The maximum absolute atomic E-state index is 2.56. The van der Waals surface area contributed by atoms with Crippen LogP contribution in [0.5, 0.6) is 0 Å². The summed E-state index contributed by atoms with van der Waals surface area (Å²) in [5.41, 5.74) is 14.4. The van der Waals surface area contributed by atoms with Crippen LogP contribution in [0.2, 0.25) is 0 Å². The van der Waals surface area contributed by atoms with Gasteiger partial charge in [0, 0.05) is 37.6 Å². The minimum Gasteiger partial charge on any atom is -0.308 e. The first kappa shape index (κ1) is 27.9. The Hall–Kier alpha value is -5.18. The molecule has 0 bridgehead atoms. The highest BCUT2D eigenvalue weighted by Gasteiger charge is 2.39. The van der Waals surface area contributed by atoms with Crippen LogP contribution in [-0.2, 0) is 10.8 Å². The first-order valence-electron chi connectivity index (χ1n) is 16.9. The van der Waals surface area contributed by atoms with Gasteiger partial charge in [-0.1, -0.05) is 131 Å². The molecule has 8 aromatic rings. The van der Waals surface area contributed by atoms with Crippen LogP contribution >= 0.6 is 11.3 Å². The highest BCUT2D eigenvalue weighted by Crippen LogP contribution is 2.56. The second-order valence-corrected chi connectivity index (χ2v) is 15.6. The van der Waals surface area contributed by atoms with Crippen molar-refractivity contribution in [3.05, 3.63) is 162 Å². The van der Waals surface area contributed by atoms with Crippen LogP contribution in [0.1, 0.15) is 49.9 Å². The van der Waals surface area contributed by atoms with Gasteiger partial charge in [0.05, 0.1) is 16.1 Å². The van der Waals surface area contributed by atoms with E-state index in [2.05, 4.69) is 172 Å². The first-order valence-corrected chi connectivity index (χ1v) is 17.8. The lowest BCUT2D eigenvalue weighted by Gasteiger charge is -2.30. The lowest BCUT2D eigenvalue weighted by Crippen LogP contribution is -2.17. The molecule has 10 rings (SSSR count). The zero-order valence-electron chi connectivity index (χ0n) is 27.6. The molecule has 0 fully saturated rings. The molecule has 0 amide bonds. The van der Waals surface area contributed by atoms with Crippen LogP contribution < -0.4 is 4.90 Å². The maximum atomic E-state index is 2.56. The Morgan fingerprint density at radius 3 is 1.88 bits per heavy atom. The van der Waals surface area contributed by atoms with Gasteiger partial charge in [-0.2, -0.15) is 0 Å². The number of hydrogen-bond acceptors (Lipinski definition) is 2. The van der Waals surface area contributed by atoms with E-state index in [0.29, 0.717) is 0 Å². The first-order chi connectivity index (χ1) is 23.3. The minimum absolute atomic E-state index is 0.0844. The van der Waals surface area contributed by atoms with E-state index in [1.54, 1.807) is 0 Å². The number of benzene rings is 7. The van der Waals surface area contributed by atoms with E-state index in [4.69, 9.17) is 0 Å². The number of anilines is 3. The van der Waals surface area contributed by atoms with Crippen LogP contribution in [-0.4, -0.2) is 0 Å². The van der Waals surface area contributed by atoms with E-state index in [9.17, 15) is 0 Å². The molecule has 230 valence electrons. The van der Waals surface area contributed by atoms with E-state index >= 15 is 0 Å². The lowest BCUT2D eigenvalue weighted by atomic mass is 9.82. The van der Waals surface area contributed by atoms with Gasteiger partial charge < -0.3 is 4.90 Å². The SMILES string of the molecule is CC1(C)c2ccccc2-c2ccc(N(c3cccc4c3-c3ccccc3C4(C)C)c3cccc4c3sc3cc5ccccc5cc34)cc21.